The van der Waals surface area contributed by atoms with Crippen LogP contribution >= 0.6 is 0 Å². The fourth-order valence-corrected chi connectivity index (χ4v) is 3.98. The van der Waals surface area contributed by atoms with E-state index in [-0.39, 0.29) is 0 Å². The van der Waals surface area contributed by atoms with Gasteiger partial charge in [0.2, 0.25) is 0 Å². The molecular formula is C16H17F3O. The predicted octanol–water partition coefficient (Wildman–Crippen LogP) is 4.98. The topological polar surface area (TPSA) is 20.2 Å². The maximum absolute atomic E-state index is 13.5. The van der Waals surface area contributed by atoms with Gasteiger partial charge in [0.15, 0.2) is 0 Å². The minimum Gasteiger partial charge on any atom is -0.512 e. The summed E-state index contributed by atoms with van der Waals surface area (Å²) in [5, 5.41) is 10.0. The number of halogens is 3. The van der Waals surface area contributed by atoms with Crippen LogP contribution in [0.2, 0.25) is 0 Å². The van der Waals surface area contributed by atoms with Gasteiger partial charge in [-0.1, -0.05) is 43.5 Å². The highest BCUT2D eigenvalue weighted by molar-refractivity contribution is 5.62. The summed E-state index contributed by atoms with van der Waals surface area (Å²) in [6.07, 6.45) is 0.401. The number of rotatable bonds is 0. The molecule has 0 aromatic heterocycles. The van der Waals surface area contributed by atoms with Crippen molar-refractivity contribution in [3.05, 3.63) is 41.2 Å². The molecule has 20 heavy (non-hydrogen) atoms. The Morgan fingerprint density at radius 1 is 1.05 bits per heavy atom. The molecule has 1 fully saturated rings. The van der Waals surface area contributed by atoms with Crippen molar-refractivity contribution in [1.29, 1.82) is 0 Å². The molecule has 1 aromatic carbocycles. The molecule has 1 spiro atoms. The van der Waals surface area contributed by atoms with Crippen molar-refractivity contribution in [2.24, 2.45) is 5.92 Å². The van der Waals surface area contributed by atoms with Crippen molar-refractivity contribution < 1.29 is 18.3 Å². The highest BCUT2D eigenvalue weighted by atomic mass is 19.4. The molecule has 1 atom stereocenters. The van der Waals surface area contributed by atoms with Crippen molar-refractivity contribution in [3.63, 3.8) is 0 Å². The third-order valence-electron chi connectivity index (χ3n) is 4.72. The molecule has 1 N–H and O–H groups in total. The van der Waals surface area contributed by atoms with Crippen LogP contribution in [0.15, 0.2) is 30.0 Å². The molecule has 0 saturated heterocycles. The fraction of sp³-hybridized carbons (Fsp3) is 0.500. The molecule has 0 aliphatic heterocycles. The van der Waals surface area contributed by atoms with Gasteiger partial charge in [0.1, 0.15) is 11.7 Å². The van der Waals surface area contributed by atoms with Gasteiger partial charge in [-0.15, -0.1) is 0 Å². The first-order valence-corrected chi connectivity index (χ1v) is 7.02. The zero-order chi connectivity index (χ0) is 14.4. The van der Waals surface area contributed by atoms with E-state index in [9.17, 15) is 18.3 Å². The SMILES string of the molecule is OC1=Cc2ccccc2C2(CCCCC2)C1C(F)(F)F. The van der Waals surface area contributed by atoms with Gasteiger partial charge < -0.3 is 5.11 Å². The number of benzene rings is 1. The fourth-order valence-electron chi connectivity index (χ4n) is 3.98. The third kappa shape index (κ3) is 1.93. The van der Waals surface area contributed by atoms with Crippen LogP contribution in [-0.2, 0) is 5.41 Å². The molecule has 1 saturated carbocycles. The van der Waals surface area contributed by atoms with Gasteiger partial charge in [-0.05, 0) is 30.0 Å². The van der Waals surface area contributed by atoms with Gasteiger partial charge in [-0.25, -0.2) is 0 Å². The van der Waals surface area contributed by atoms with E-state index in [0.717, 1.165) is 30.4 Å². The average molecular weight is 282 g/mol. The van der Waals surface area contributed by atoms with Crippen LogP contribution in [0.1, 0.15) is 43.2 Å². The van der Waals surface area contributed by atoms with Crippen LogP contribution in [-0.4, -0.2) is 11.3 Å². The summed E-state index contributed by atoms with van der Waals surface area (Å²) >= 11 is 0. The molecular weight excluding hydrogens is 265 g/mol. The normalized spacial score (nSPS) is 25.1. The lowest BCUT2D eigenvalue weighted by Gasteiger charge is -2.47. The summed E-state index contributed by atoms with van der Waals surface area (Å²) in [5.41, 5.74) is 0.499. The standard InChI is InChI=1S/C16H17F3O/c17-16(18,19)14-13(20)10-11-6-2-3-7-12(11)15(14)8-4-1-5-9-15/h2-3,6-7,10,14,20H,1,4-5,8-9H2. The van der Waals surface area contributed by atoms with Crippen LogP contribution in [0.4, 0.5) is 13.2 Å². The molecule has 1 unspecified atom stereocenters. The quantitative estimate of drug-likeness (QED) is 0.711. The van der Waals surface area contributed by atoms with E-state index in [0.29, 0.717) is 12.8 Å². The summed E-state index contributed by atoms with van der Waals surface area (Å²) in [5.74, 6) is -2.29. The van der Waals surface area contributed by atoms with Gasteiger partial charge in [0.25, 0.3) is 0 Å². The third-order valence-corrected chi connectivity index (χ3v) is 4.72. The van der Waals surface area contributed by atoms with Crippen LogP contribution in [0, 0.1) is 5.92 Å². The van der Waals surface area contributed by atoms with Gasteiger partial charge in [0.05, 0.1) is 0 Å². The molecule has 108 valence electrons. The van der Waals surface area contributed by atoms with E-state index >= 15 is 0 Å². The van der Waals surface area contributed by atoms with Gasteiger partial charge in [-0.3, -0.25) is 0 Å². The molecule has 1 aromatic rings. The van der Waals surface area contributed by atoms with Crippen LogP contribution in [0.5, 0.6) is 0 Å². The van der Waals surface area contributed by atoms with Crippen molar-refractivity contribution in [1.82, 2.24) is 0 Å². The Balaban J connectivity index is 2.21. The lowest BCUT2D eigenvalue weighted by Crippen LogP contribution is -2.48. The Morgan fingerprint density at radius 2 is 1.70 bits per heavy atom. The molecule has 1 nitrogen and oxygen atoms in total. The zero-order valence-corrected chi connectivity index (χ0v) is 11.1. The van der Waals surface area contributed by atoms with Gasteiger partial charge in [0, 0.05) is 5.41 Å². The molecule has 0 amide bonds. The van der Waals surface area contributed by atoms with Crippen molar-refractivity contribution in [2.45, 2.75) is 43.7 Å². The minimum absolute atomic E-state index is 0.492. The van der Waals surface area contributed by atoms with Crippen LogP contribution in [0.25, 0.3) is 6.08 Å². The smallest absolute Gasteiger partial charge is 0.399 e. The zero-order valence-electron chi connectivity index (χ0n) is 11.1. The molecule has 3 rings (SSSR count). The summed E-state index contributed by atoms with van der Waals surface area (Å²) in [7, 11) is 0. The Kier molecular flexibility index (Phi) is 3.07. The number of allylic oxidation sites excluding steroid dienone is 1. The second-order valence-electron chi connectivity index (χ2n) is 5.85. The van der Waals surface area contributed by atoms with Crippen LogP contribution in [0.3, 0.4) is 0 Å². The second-order valence-corrected chi connectivity index (χ2v) is 5.85. The molecule has 0 bridgehead atoms. The second kappa shape index (κ2) is 4.54. The summed E-state index contributed by atoms with van der Waals surface area (Å²) in [6.45, 7) is 0. The van der Waals surface area contributed by atoms with E-state index < -0.39 is 23.3 Å². The highest BCUT2D eigenvalue weighted by Crippen LogP contribution is 2.56. The summed E-state index contributed by atoms with van der Waals surface area (Å²) < 4.78 is 40.5. The number of aliphatic hydroxyl groups is 1. The number of alkyl halides is 3. The first kappa shape index (κ1) is 13.5. The molecule has 2 aliphatic rings. The summed E-state index contributed by atoms with van der Waals surface area (Å²) in [4.78, 5) is 0. The van der Waals surface area contributed by atoms with Crippen molar-refractivity contribution in [3.8, 4) is 0 Å². The average Bonchev–Trinajstić information content (AvgIpc) is 2.38. The van der Waals surface area contributed by atoms with E-state index in [1.165, 1.54) is 6.08 Å². The van der Waals surface area contributed by atoms with E-state index in [1.807, 2.05) is 0 Å². The number of fused-ring (bicyclic) bond motifs is 2. The van der Waals surface area contributed by atoms with E-state index in [1.54, 1.807) is 24.3 Å². The van der Waals surface area contributed by atoms with Gasteiger partial charge in [-0.2, -0.15) is 13.2 Å². The molecule has 4 heteroatoms. The summed E-state index contributed by atoms with van der Waals surface area (Å²) in [6, 6.07) is 7.17. The Labute approximate surface area is 116 Å². The van der Waals surface area contributed by atoms with Crippen molar-refractivity contribution in [2.75, 3.05) is 0 Å². The Bertz CT molecular complexity index is 539. The molecule has 0 heterocycles. The maximum Gasteiger partial charge on any atom is 0.399 e. The monoisotopic (exact) mass is 282 g/mol. The lowest BCUT2D eigenvalue weighted by molar-refractivity contribution is -0.194. The minimum atomic E-state index is -4.41. The number of aliphatic hydroxyl groups excluding tert-OH is 1. The largest absolute Gasteiger partial charge is 0.512 e. The van der Waals surface area contributed by atoms with E-state index in [2.05, 4.69) is 0 Å². The van der Waals surface area contributed by atoms with Gasteiger partial charge >= 0.3 is 6.18 Å². The molecule has 2 aliphatic carbocycles. The molecule has 0 radical (unpaired) electrons. The maximum atomic E-state index is 13.5. The predicted molar refractivity (Wildman–Crippen MR) is 71.4 cm³/mol. The number of hydrogen-bond donors (Lipinski definition) is 1. The van der Waals surface area contributed by atoms with E-state index in [4.69, 9.17) is 0 Å². The first-order chi connectivity index (χ1) is 9.45. The van der Waals surface area contributed by atoms with Crippen molar-refractivity contribution >= 4 is 6.08 Å². The lowest BCUT2D eigenvalue weighted by atomic mass is 9.58. The Hall–Kier alpha value is -1.45. The van der Waals surface area contributed by atoms with Crippen LogP contribution < -0.4 is 0 Å². The Morgan fingerprint density at radius 3 is 2.35 bits per heavy atom. The first-order valence-electron chi connectivity index (χ1n) is 7.02. The highest BCUT2D eigenvalue weighted by Gasteiger charge is 2.58. The number of hydrogen-bond acceptors (Lipinski definition) is 1.